The van der Waals surface area contributed by atoms with Gasteiger partial charge in [-0.1, -0.05) is 18.2 Å². The van der Waals surface area contributed by atoms with Crippen molar-refractivity contribution in [1.82, 2.24) is 15.4 Å². The Hall–Kier alpha value is -3.42. The summed E-state index contributed by atoms with van der Waals surface area (Å²) in [6, 6.07) is 8.86. The number of aromatic nitrogens is 1. The topological polar surface area (TPSA) is 93.3 Å². The second kappa shape index (κ2) is 6.60. The van der Waals surface area contributed by atoms with E-state index in [0.29, 0.717) is 10.9 Å². The van der Waals surface area contributed by atoms with Gasteiger partial charge in [-0.2, -0.15) is 0 Å². The van der Waals surface area contributed by atoms with E-state index < -0.39 is 17.6 Å². The molecule has 0 unspecified atom stereocenters. The molecular weight excluding hydrogens is 329 g/mol. The number of furan rings is 1. The highest BCUT2D eigenvalue weighted by Crippen LogP contribution is 2.26. The van der Waals surface area contributed by atoms with E-state index in [1.807, 2.05) is 0 Å². The molecule has 3 aromatic rings. The average molecular weight is 343 g/mol. The van der Waals surface area contributed by atoms with Crippen molar-refractivity contribution in [3.8, 4) is 0 Å². The van der Waals surface area contributed by atoms with E-state index in [-0.39, 0.29) is 23.4 Å². The van der Waals surface area contributed by atoms with Crippen molar-refractivity contribution in [2.75, 3.05) is 0 Å². The molecule has 0 bridgehead atoms. The van der Waals surface area contributed by atoms with E-state index in [9.17, 15) is 18.8 Å². The zero-order valence-electron chi connectivity index (χ0n) is 13.2. The van der Waals surface area contributed by atoms with Crippen molar-refractivity contribution in [2.24, 2.45) is 0 Å². The van der Waals surface area contributed by atoms with Crippen LogP contribution in [-0.2, 0) is 11.3 Å². The average Bonchev–Trinajstić information content (AvgIpc) is 2.93. The highest BCUT2D eigenvalue weighted by Gasteiger charge is 2.19. The minimum atomic E-state index is -0.721. The van der Waals surface area contributed by atoms with Gasteiger partial charge in [0.15, 0.2) is 17.2 Å². The Balaban J connectivity index is 1.70. The van der Waals surface area contributed by atoms with Crippen LogP contribution in [0.15, 0.2) is 51.8 Å². The van der Waals surface area contributed by atoms with Gasteiger partial charge >= 0.3 is 5.91 Å². The van der Waals surface area contributed by atoms with E-state index in [0.717, 1.165) is 0 Å². The maximum atomic E-state index is 13.7. The molecule has 7 nitrogen and oxygen atoms in total. The van der Waals surface area contributed by atoms with Crippen LogP contribution in [0, 0.1) is 12.7 Å². The second-order valence-electron chi connectivity index (χ2n) is 5.34. The molecule has 1 aromatic carbocycles. The van der Waals surface area contributed by atoms with Crippen molar-refractivity contribution >= 4 is 22.8 Å². The summed E-state index contributed by atoms with van der Waals surface area (Å²) in [5.41, 5.74) is 4.48. The smallest absolute Gasteiger partial charge is 0.305 e. The molecule has 2 aromatic heterocycles. The maximum absolute atomic E-state index is 13.7. The highest BCUT2D eigenvalue weighted by atomic mass is 19.1. The number of carbonyl (C=O) groups excluding carboxylic acids is 2. The SMILES string of the molecule is Cc1c(C(=O)NNC(=O)Cn2ccccc2=O)oc2c(F)cccc12. The third kappa shape index (κ3) is 3.27. The van der Waals surface area contributed by atoms with Crippen molar-refractivity contribution in [3.63, 3.8) is 0 Å². The van der Waals surface area contributed by atoms with Gasteiger partial charge in [-0.05, 0) is 19.1 Å². The van der Waals surface area contributed by atoms with Crippen molar-refractivity contribution in [3.05, 3.63) is 70.1 Å². The minimum absolute atomic E-state index is 0.0210. The van der Waals surface area contributed by atoms with E-state index in [1.54, 1.807) is 25.1 Å². The van der Waals surface area contributed by atoms with Crippen LogP contribution in [0.3, 0.4) is 0 Å². The van der Waals surface area contributed by atoms with Crippen molar-refractivity contribution < 1.29 is 18.4 Å². The number of carbonyl (C=O) groups is 2. The Bertz CT molecular complexity index is 1020. The molecule has 2 N–H and O–H groups in total. The fourth-order valence-electron chi connectivity index (χ4n) is 2.39. The largest absolute Gasteiger partial charge is 0.447 e. The van der Waals surface area contributed by atoms with Crippen LogP contribution in [0.5, 0.6) is 0 Å². The lowest BCUT2D eigenvalue weighted by molar-refractivity contribution is -0.122. The molecule has 0 spiro atoms. The summed E-state index contributed by atoms with van der Waals surface area (Å²) < 4.78 is 20.2. The number of pyridine rings is 1. The Labute approximate surface area is 141 Å². The first-order valence-corrected chi connectivity index (χ1v) is 7.39. The van der Waals surface area contributed by atoms with Crippen molar-refractivity contribution in [2.45, 2.75) is 13.5 Å². The lowest BCUT2D eigenvalue weighted by Gasteiger charge is -2.07. The molecular formula is C17H14FN3O4. The van der Waals surface area contributed by atoms with Crippen LogP contribution >= 0.6 is 0 Å². The van der Waals surface area contributed by atoms with Gasteiger partial charge in [0.2, 0.25) is 0 Å². The summed E-state index contributed by atoms with van der Waals surface area (Å²) in [4.78, 5) is 35.5. The molecule has 0 aliphatic heterocycles. The first-order chi connectivity index (χ1) is 12.0. The van der Waals surface area contributed by atoms with Gasteiger partial charge in [0, 0.05) is 23.2 Å². The monoisotopic (exact) mass is 343 g/mol. The lowest BCUT2D eigenvalue weighted by atomic mass is 10.1. The summed E-state index contributed by atoms with van der Waals surface area (Å²) in [5.74, 6) is -1.99. The fraction of sp³-hybridized carbons (Fsp3) is 0.118. The van der Waals surface area contributed by atoms with Gasteiger partial charge in [0.1, 0.15) is 6.54 Å². The van der Waals surface area contributed by atoms with E-state index >= 15 is 0 Å². The Morgan fingerprint density at radius 3 is 2.68 bits per heavy atom. The number of hydrogen-bond donors (Lipinski definition) is 2. The Morgan fingerprint density at radius 2 is 1.96 bits per heavy atom. The van der Waals surface area contributed by atoms with E-state index in [4.69, 9.17) is 4.42 Å². The zero-order valence-corrected chi connectivity index (χ0v) is 13.2. The number of para-hydroxylation sites is 1. The van der Waals surface area contributed by atoms with E-state index in [2.05, 4.69) is 10.9 Å². The number of hydrogen-bond acceptors (Lipinski definition) is 4. The van der Waals surface area contributed by atoms with Crippen LogP contribution in [-0.4, -0.2) is 16.4 Å². The molecule has 0 radical (unpaired) electrons. The molecule has 3 rings (SSSR count). The molecule has 0 saturated heterocycles. The van der Waals surface area contributed by atoms with Crippen LogP contribution in [0.2, 0.25) is 0 Å². The molecule has 25 heavy (non-hydrogen) atoms. The van der Waals surface area contributed by atoms with Crippen LogP contribution in [0.4, 0.5) is 4.39 Å². The number of aryl methyl sites for hydroxylation is 1. The predicted molar refractivity (Wildman–Crippen MR) is 87.2 cm³/mol. The first kappa shape index (κ1) is 16.4. The number of benzene rings is 1. The standard InChI is InChI=1S/C17H14FN3O4/c1-10-11-5-4-6-12(18)16(11)25-15(10)17(24)20-19-13(22)9-21-8-3-2-7-14(21)23/h2-8H,9H2,1H3,(H,19,22)(H,20,24). The molecule has 0 aliphatic rings. The molecule has 0 saturated carbocycles. The number of rotatable bonds is 3. The number of fused-ring (bicyclic) bond motifs is 1. The number of nitrogens with zero attached hydrogens (tertiary/aromatic N) is 1. The fourth-order valence-corrected chi connectivity index (χ4v) is 2.39. The third-order valence-electron chi connectivity index (χ3n) is 3.65. The van der Waals surface area contributed by atoms with Crippen LogP contribution in [0.25, 0.3) is 11.0 Å². The number of amides is 2. The summed E-state index contributed by atoms with van der Waals surface area (Å²) in [6.07, 6.45) is 1.45. The minimum Gasteiger partial charge on any atom is -0.447 e. The second-order valence-corrected chi connectivity index (χ2v) is 5.34. The molecule has 8 heteroatoms. The third-order valence-corrected chi connectivity index (χ3v) is 3.65. The van der Waals surface area contributed by atoms with Gasteiger partial charge in [0.05, 0.1) is 0 Å². The normalized spacial score (nSPS) is 10.6. The quantitative estimate of drug-likeness (QED) is 0.705. The number of hydrazine groups is 1. The Morgan fingerprint density at radius 1 is 1.16 bits per heavy atom. The lowest BCUT2D eigenvalue weighted by Crippen LogP contribution is -2.44. The maximum Gasteiger partial charge on any atom is 0.305 e. The van der Waals surface area contributed by atoms with Crippen LogP contribution in [0.1, 0.15) is 16.1 Å². The number of halogens is 1. The first-order valence-electron chi connectivity index (χ1n) is 7.39. The molecule has 2 amide bonds. The summed E-state index contributed by atoms with van der Waals surface area (Å²) in [7, 11) is 0. The van der Waals surface area contributed by atoms with Gasteiger partial charge in [-0.25, -0.2) is 4.39 Å². The molecule has 0 fully saturated rings. The van der Waals surface area contributed by atoms with Crippen LogP contribution < -0.4 is 16.4 Å². The molecule has 128 valence electrons. The molecule has 0 aliphatic carbocycles. The van der Waals surface area contributed by atoms with E-state index in [1.165, 1.54) is 29.0 Å². The summed E-state index contributed by atoms with van der Waals surface area (Å²) >= 11 is 0. The summed E-state index contributed by atoms with van der Waals surface area (Å²) in [6.45, 7) is 1.36. The molecule has 2 heterocycles. The van der Waals surface area contributed by atoms with Gasteiger partial charge in [-0.3, -0.25) is 25.2 Å². The zero-order chi connectivity index (χ0) is 18.0. The highest BCUT2D eigenvalue weighted by molar-refractivity contribution is 5.99. The van der Waals surface area contributed by atoms with Gasteiger partial charge in [0.25, 0.3) is 11.5 Å². The number of nitrogens with one attached hydrogen (secondary N) is 2. The van der Waals surface area contributed by atoms with Gasteiger partial charge < -0.3 is 8.98 Å². The summed E-state index contributed by atoms with van der Waals surface area (Å²) in [5, 5.41) is 0.479. The van der Waals surface area contributed by atoms with Gasteiger partial charge in [-0.15, -0.1) is 0 Å². The van der Waals surface area contributed by atoms with Crippen molar-refractivity contribution in [1.29, 1.82) is 0 Å². The Kier molecular flexibility index (Phi) is 4.34. The predicted octanol–water partition coefficient (Wildman–Crippen LogP) is 1.50. The molecule has 0 atom stereocenters.